The zero-order chi connectivity index (χ0) is 23.5. The van der Waals surface area contributed by atoms with Gasteiger partial charge in [-0.25, -0.2) is 15.0 Å². The molecule has 1 fully saturated rings. The lowest BCUT2D eigenvalue weighted by atomic mass is 9.82. The number of aromatic amines is 1. The lowest BCUT2D eigenvalue weighted by molar-refractivity contribution is -0.123. The molecule has 2 aromatic rings. The number of carbonyl (C=O) groups is 1. The Morgan fingerprint density at radius 1 is 0.971 bits per heavy atom. The molecule has 0 spiro atoms. The number of Topliss-reactive ketones (excluding diaryl/α,β-unsaturated/α-hetero) is 1. The van der Waals surface area contributed by atoms with E-state index in [4.69, 9.17) is 4.99 Å². The van der Waals surface area contributed by atoms with Crippen molar-refractivity contribution in [2.24, 2.45) is 15.4 Å². The number of allylic oxidation sites excluding steroid dienone is 4. The molecule has 34 heavy (non-hydrogen) atoms. The van der Waals surface area contributed by atoms with Crippen LogP contribution < -0.4 is 16.0 Å². The average molecular weight is 449 g/mol. The number of aliphatic imine (C=N–C) groups is 2. The van der Waals surface area contributed by atoms with Crippen molar-refractivity contribution in [3.05, 3.63) is 94.5 Å². The lowest BCUT2D eigenvalue weighted by Gasteiger charge is -2.25. The molecule has 2 atom stereocenters. The van der Waals surface area contributed by atoms with Crippen LogP contribution in [0.25, 0.3) is 12.2 Å². The Labute approximate surface area is 196 Å². The maximum atomic E-state index is 13.4. The van der Waals surface area contributed by atoms with Crippen LogP contribution in [-0.2, 0) is 10.3 Å². The van der Waals surface area contributed by atoms with E-state index < -0.39 is 17.0 Å². The predicted molar refractivity (Wildman–Crippen MR) is 132 cm³/mol. The number of rotatable bonds is 1. The van der Waals surface area contributed by atoms with Crippen LogP contribution in [0.3, 0.4) is 0 Å². The number of H-pyrrole nitrogens is 1. The molecule has 6 heterocycles. The molecular weight excluding hydrogens is 424 g/mol. The highest BCUT2D eigenvalue weighted by Gasteiger charge is 2.46. The van der Waals surface area contributed by atoms with Gasteiger partial charge < -0.3 is 10.3 Å². The number of aryl methyl sites for hydroxylation is 1. The van der Waals surface area contributed by atoms with Crippen molar-refractivity contribution in [2.45, 2.75) is 32.4 Å². The molecule has 0 amide bonds. The molecule has 2 unspecified atom stereocenters. The molecule has 4 aliphatic heterocycles. The number of nitrogens with zero attached hydrogens (tertiary/aromatic N) is 4. The molecule has 2 N–H and O–H groups in total. The maximum Gasteiger partial charge on any atom is 0.170 e. The Balaban J connectivity index is 1.60. The summed E-state index contributed by atoms with van der Waals surface area (Å²) >= 11 is 0. The summed E-state index contributed by atoms with van der Waals surface area (Å²) in [7, 11) is 0. The van der Waals surface area contributed by atoms with Crippen LogP contribution in [-0.4, -0.2) is 38.2 Å². The molecular formula is C27H24N6O. The summed E-state index contributed by atoms with van der Waals surface area (Å²) in [4.78, 5) is 35.4. The van der Waals surface area contributed by atoms with E-state index in [1.165, 1.54) is 0 Å². The quantitative estimate of drug-likeness (QED) is 0.697. The Bertz CT molecular complexity index is 1530. The minimum atomic E-state index is -0.821. The zero-order valence-electron chi connectivity index (χ0n) is 19.2. The van der Waals surface area contributed by atoms with Crippen LogP contribution in [0.2, 0.25) is 0 Å². The van der Waals surface area contributed by atoms with Gasteiger partial charge in [-0.2, -0.15) is 0 Å². The van der Waals surface area contributed by atoms with Crippen molar-refractivity contribution in [3.8, 4) is 0 Å². The Morgan fingerprint density at radius 2 is 1.71 bits per heavy atom. The van der Waals surface area contributed by atoms with Crippen molar-refractivity contribution in [1.29, 1.82) is 0 Å². The molecule has 1 saturated heterocycles. The molecule has 0 radical (unpaired) electrons. The summed E-state index contributed by atoms with van der Waals surface area (Å²) in [5.74, 6) is 0.790. The van der Waals surface area contributed by atoms with E-state index in [0.29, 0.717) is 5.82 Å². The molecule has 2 aromatic heterocycles. The topological polar surface area (TPSA) is 95.4 Å². The van der Waals surface area contributed by atoms with Gasteiger partial charge in [0.15, 0.2) is 5.78 Å². The minimum absolute atomic E-state index is 0.0956. The van der Waals surface area contributed by atoms with E-state index >= 15 is 0 Å². The summed E-state index contributed by atoms with van der Waals surface area (Å²) in [5.41, 5.74) is 2.55. The van der Waals surface area contributed by atoms with E-state index in [9.17, 15) is 4.79 Å². The molecule has 6 rings (SSSR count). The van der Waals surface area contributed by atoms with E-state index in [0.717, 1.165) is 39.1 Å². The molecule has 8 bridgehead atoms. The van der Waals surface area contributed by atoms with Crippen molar-refractivity contribution < 1.29 is 4.79 Å². The first-order valence-electron chi connectivity index (χ1n) is 11.3. The van der Waals surface area contributed by atoms with Gasteiger partial charge in [0.05, 0.1) is 22.5 Å². The fraction of sp³-hybridized carbons (Fsp3) is 0.222. The molecule has 7 nitrogen and oxygen atoms in total. The predicted octanol–water partition coefficient (Wildman–Crippen LogP) is 1.94. The molecule has 4 aliphatic rings. The van der Waals surface area contributed by atoms with Gasteiger partial charge in [-0.3, -0.25) is 9.79 Å². The minimum Gasteiger partial charge on any atom is -0.375 e. The number of hydrogen-bond acceptors (Lipinski definition) is 6. The average Bonchev–Trinajstić information content (AvgIpc) is 3.57. The van der Waals surface area contributed by atoms with Crippen LogP contribution in [0, 0.1) is 12.3 Å². The van der Waals surface area contributed by atoms with Crippen LogP contribution in [0.4, 0.5) is 0 Å². The van der Waals surface area contributed by atoms with Gasteiger partial charge in [0.1, 0.15) is 17.4 Å². The second kappa shape index (κ2) is 7.18. The van der Waals surface area contributed by atoms with Gasteiger partial charge in [0, 0.05) is 34.4 Å². The first-order chi connectivity index (χ1) is 16.3. The molecule has 0 saturated carbocycles. The van der Waals surface area contributed by atoms with Crippen molar-refractivity contribution in [2.75, 3.05) is 0 Å². The van der Waals surface area contributed by atoms with Crippen molar-refractivity contribution in [3.63, 3.8) is 0 Å². The van der Waals surface area contributed by atoms with Gasteiger partial charge in [-0.15, -0.1) is 0 Å². The Morgan fingerprint density at radius 3 is 2.47 bits per heavy atom. The molecule has 0 aromatic carbocycles. The summed E-state index contributed by atoms with van der Waals surface area (Å²) in [6, 6.07) is 3.56. The second-order valence-corrected chi connectivity index (χ2v) is 9.50. The zero-order valence-corrected chi connectivity index (χ0v) is 19.2. The number of ketones is 1. The fourth-order valence-corrected chi connectivity index (χ4v) is 4.65. The SMILES string of the molecule is Cc1ncc(C23C=CC(=N2)C=c2ccc([nH]2)=CC2=NC(=CC4NC(=C3)C(C)(C)C4=O)C=C2)cn1. The number of fused-ring (bicyclic) bond motifs is 6. The van der Waals surface area contributed by atoms with Crippen molar-refractivity contribution >= 4 is 29.4 Å². The summed E-state index contributed by atoms with van der Waals surface area (Å²) in [5, 5.41) is 5.34. The Kier molecular flexibility index (Phi) is 4.33. The summed E-state index contributed by atoms with van der Waals surface area (Å²) in [6.07, 6.45) is 19.5. The third-order valence-electron chi connectivity index (χ3n) is 6.67. The standard InChI is InChI=1S/C27H24N6O/c1-16-28-14-17(15-29-16)27-9-8-22(33-27)11-20-5-4-18(30-20)10-19-6-7-21(31-19)12-23-25(34)26(2,3)24(13-27)32-23/h4-15,23,30,32H,1-3H3. The highest BCUT2D eigenvalue weighted by molar-refractivity contribution is 6.20. The fourth-order valence-electron chi connectivity index (χ4n) is 4.65. The van der Waals surface area contributed by atoms with Gasteiger partial charge >= 0.3 is 0 Å². The van der Waals surface area contributed by atoms with Crippen LogP contribution in [0.15, 0.2) is 82.4 Å². The van der Waals surface area contributed by atoms with Gasteiger partial charge in [-0.1, -0.05) is 0 Å². The largest absolute Gasteiger partial charge is 0.375 e. The van der Waals surface area contributed by atoms with E-state index in [1.54, 1.807) is 12.4 Å². The van der Waals surface area contributed by atoms with Gasteiger partial charge in [0.25, 0.3) is 0 Å². The second-order valence-electron chi connectivity index (χ2n) is 9.50. The molecule has 0 aliphatic carbocycles. The van der Waals surface area contributed by atoms with Crippen LogP contribution in [0.5, 0.6) is 0 Å². The molecule has 7 heteroatoms. The van der Waals surface area contributed by atoms with Crippen molar-refractivity contribution in [1.82, 2.24) is 20.3 Å². The highest BCUT2D eigenvalue weighted by Crippen LogP contribution is 2.40. The highest BCUT2D eigenvalue weighted by atomic mass is 16.1. The third-order valence-corrected chi connectivity index (χ3v) is 6.67. The van der Waals surface area contributed by atoms with Gasteiger partial charge in [-0.05, 0) is 81.5 Å². The number of carbonyl (C=O) groups excluding carboxylic acids is 1. The maximum absolute atomic E-state index is 13.4. The van der Waals surface area contributed by atoms with E-state index in [-0.39, 0.29) is 5.78 Å². The van der Waals surface area contributed by atoms with Crippen LogP contribution in [0.1, 0.15) is 25.2 Å². The normalized spacial score (nSPS) is 26.2. The first kappa shape index (κ1) is 20.5. The number of aromatic nitrogens is 3. The smallest absolute Gasteiger partial charge is 0.170 e. The van der Waals surface area contributed by atoms with E-state index in [1.807, 2.05) is 81.5 Å². The third kappa shape index (κ3) is 3.32. The molecule has 168 valence electrons. The lowest BCUT2D eigenvalue weighted by Crippen LogP contribution is -2.27. The summed E-state index contributed by atoms with van der Waals surface area (Å²) in [6.45, 7) is 5.75. The summed E-state index contributed by atoms with van der Waals surface area (Å²) < 4.78 is 0. The van der Waals surface area contributed by atoms with Crippen LogP contribution >= 0.6 is 0 Å². The Hall–Kier alpha value is -4.13. The van der Waals surface area contributed by atoms with E-state index in [2.05, 4.69) is 25.3 Å². The number of nitrogens with one attached hydrogen (secondary N) is 2. The van der Waals surface area contributed by atoms with Gasteiger partial charge in [0.2, 0.25) is 0 Å². The number of hydrogen-bond donors (Lipinski definition) is 2. The monoisotopic (exact) mass is 448 g/mol. The first-order valence-corrected chi connectivity index (χ1v) is 11.3.